The van der Waals surface area contributed by atoms with E-state index in [0.717, 1.165) is 52.8 Å². The fourth-order valence-electron chi connectivity index (χ4n) is 4.45. The summed E-state index contributed by atoms with van der Waals surface area (Å²) in [5.74, 6) is 0.101. The van der Waals surface area contributed by atoms with Crippen molar-refractivity contribution in [3.05, 3.63) is 58.7 Å². The summed E-state index contributed by atoms with van der Waals surface area (Å²) >= 11 is 0. The van der Waals surface area contributed by atoms with Gasteiger partial charge in [-0.3, -0.25) is 9.59 Å². The van der Waals surface area contributed by atoms with E-state index in [0.29, 0.717) is 12.6 Å². The first-order chi connectivity index (χ1) is 13.9. The molecule has 2 aromatic carbocycles. The summed E-state index contributed by atoms with van der Waals surface area (Å²) in [6.07, 6.45) is 1.38. The van der Waals surface area contributed by atoms with E-state index in [9.17, 15) is 14.7 Å². The van der Waals surface area contributed by atoms with Crippen molar-refractivity contribution in [3.8, 4) is 11.1 Å². The molecule has 0 bridgehead atoms. The molecule has 2 heterocycles. The molecule has 6 nitrogen and oxygen atoms in total. The zero-order chi connectivity index (χ0) is 20.3. The van der Waals surface area contributed by atoms with E-state index < -0.39 is 6.35 Å². The number of carbonyl (C=O) groups is 2. The third-order valence-corrected chi connectivity index (χ3v) is 6.32. The van der Waals surface area contributed by atoms with Crippen molar-refractivity contribution >= 4 is 11.8 Å². The van der Waals surface area contributed by atoms with Crippen LogP contribution in [0.2, 0.25) is 0 Å². The minimum absolute atomic E-state index is 0.0706. The van der Waals surface area contributed by atoms with Crippen LogP contribution in [0.25, 0.3) is 11.1 Å². The van der Waals surface area contributed by atoms with Crippen LogP contribution in [0.1, 0.15) is 39.9 Å². The maximum absolute atomic E-state index is 12.5. The molecule has 2 fully saturated rings. The van der Waals surface area contributed by atoms with Gasteiger partial charge in [0, 0.05) is 31.7 Å². The smallest absolute Gasteiger partial charge is 0.254 e. The summed E-state index contributed by atoms with van der Waals surface area (Å²) in [5, 5.41) is 10.2. The minimum atomic E-state index is -0.869. The lowest BCUT2D eigenvalue weighted by Crippen LogP contribution is -2.36. The van der Waals surface area contributed by atoms with Crippen LogP contribution in [0.15, 0.2) is 36.4 Å². The molecule has 0 spiro atoms. The molecule has 0 aromatic heterocycles. The molecule has 1 atom stereocenters. The van der Waals surface area contributed by atoms with Gasteiger partial charge in [0.05, 0.1) is 6.54 Å². The van der Waals surface area contributed by atoms with E-state index in [4.69, 9.17) is 0 Å². The zero-order valence-corrected chi connectivity index (χ0v) is 16.8. The van der Waals surface area contributed by atoms with Gasteiger partial charge in [-0.25, -0.2) is 4.90 Å². The number of nitrogens with zero attached hydrogens (tertiary/aromatic N) is 3. The van der Waals surface area contributed by atoms with Crippen molar-refractivity contribution in [2.24, 2.45) is 0 Å². The molecule has 2 amide bonds. The monoisotopic (exact) mass is 391 g/mol. The molecule has 1 saturated carbocycles. The van der Waals surface area contributed by atoms with E-state index in [-0.39, 0.29) is 18.4 Å². The summed E-state index contributed by atoms with van der Waals surface area (Å²) < 4.78 is 0. The maximum atomic E-state index is 12.5. The van der Waals surface area contributed by atoms with E-state index in [2.05, 4.69) is 25.1 Å². The van der Waals surface area contributed by atoms with Crippen LogP contribution in [-0.2, 0) is 17.9 Å². The molecule has 1 saturated heterocycles. The van der Waals surface area contributed by atoms with Crippen molar-refractivity contribution in [1.29, 1.82) is 0 Å². The lowest BCUT2D eigenvalue weighted by Gasteiger charge is -2.22. The first-order valence-corrected chi connectivity index (χ1v) is 10.1. The van der Waals surface area contributed by atoms with Gasteiger partial charge in [0.1, 0.15) is 0 Å². The quantitative estimate of drug-likeness (QED) is 0.869. The van der Waals surface area contributed by atoms with Gasteiger partial charge >= 0.3 is 0 Å². The van der Waals surface area contributed by atoms with E-state index in [1.165, 1.54) is 4.90 Å². The Balaban J connectivity index is 1.37. The van der Waals surface area contributed by atoms with Crippen molar-refractivity contribution in [1.82, 2.24) is 14.7 Å². The Morgan fingerprint density at radius 3 is 2.45 bits per heavy atom. The summed E-state index contributed by atoms with van der Waals surface area (Å²) in [7, 11) is 1.62. The number of amides is 2. The Labute approximate surface area is 170 Å². The van der Waals surface area contributed by atoms with Crippen LogP contribution < -0.4 is 0 Å². The topological polar surface area (TPSA) is 64.1 Å². The number of fused-ring (bicyclic) bond motifs is 1. The highest BCUT2D eigenvalue weighted by molar-refractivity contribution is 5.99. The highest BCUT2D eigenvalue weighted by Crippen LogP contribution is 2.36. The lowest BCUT2D eigenvalue weighted by molar-refractivity contribution is -0.132. The van der Waals surface area contributed by atoms with Crippen molar-refractivity contribution < 1.29 is 14.7 Å². The second-order valence-electron chi connectivity index (χ2n) is 8.44. The van der Waals surface area contributed by atoms with Gasteiger partial charge in [0.25, 0.3) is 5.91 Å². The zero-order valence-electron chi connectivity index (χ0n) is 16.8. The molecule has 2 aliphatic heterocycles. The van der Waals surface area contributed by atoms with Crippen molar-refractivity contribution in [2.45, 2.75) is 45.2 Å². The largest absolute Gasteiger partial charge is 0.361 e. The van der Waals surface area contributed by atoms with Gasteiger partial charge in [0.15, 0.2) is 6.35 Å². The molecular weight excluding hydrogens is 366 g/mol. The van der Waals surface area contributed by atoms with Crippen LogP contribution in [0.5, 0.6) is 0 Å². The number of hydrogen-bond acceptors (Lipinski definition) is 4. The fraction of sp³-hybridized carbons (Fsp3) is 0.391. The number of aryl methyl sites for hydroxylation is 1. The Morgan fingerprint density at radius 1 is 1.03 bits per heavy atom. The lowest BCUT2D eigenvalue weighted by atomic mass is 9.95. The molecule has 2 aromatic rings. The van der Waals surface area contributed by atoms with Crippen LogP contribution >= 0.6 is 0 Å². The average molecular weight is 391 g/mol. The normalized spacial score (nSPS) is 22.0. The summed E-state index contributed by atoms with van der Waals surface area (Å²) in [6.45, 7) is 3.55. The Kier molecular flexibility index (Phi) is 4.22. The molecule has 0 radical (unpaired) electrons. The Morgan fingerprint density at radius 2 is 1.79 bits per heavy atom. The second kappa shape index (κ2) is 6.68. The number of carbonyl (C=O) groups excluding carboxylic acids is 2. The van der Waals surface area contributed by atoms with Crippen molar-refractivity contribution in [3.63, 3.8) is 0 Å². The molecule has 3 aliphatic rings. The van der Waals surface area contributed by atoms with Crippen molar-refractivity contribution in [2.75, 3.05) is 13.6 Å². The summed E-state index contributed by atoms with van der Waals surface area (Å²) in [6, 6.07) is 12.8. The molecule has 150 valence electrons. The molecule has 6 heteroatoms. The number of aliphatic hydroxyl groups is 1. The minimum Gasteiger partial charge on any atom is -0.361 e. The number of benzene rings is 2. The first-order valence-electron chi connectivity index (χ1n) is 10.1. The fourth-order valence-corrected chi connectivity index (χ4v) is 4.45. The number of rotatable bonds is 4. The van der Waals surface area contributed by atoms with Gasteiger partial charge < -0.3 is 14.9 Å². The molecule has 29 heavy (non-hydrogen) atoms. The third-order valence-electron chi connectivity index (χ3n) is 6.32. The Bertz CT molecular complexity index is 1010. The molecule has 1 N–H and O–H groups in total. The van der Waals surface area contributed by atoms with Gasteiger partial charge in [0.2, 0.25) is 5.91 Å². The third kappa shape index (κ3) is 3.12. The summed E-state index contributed by atoms with van der Waals surface area (Å²) in [5.41, 5.74) is 6.42. The molecule has 1 aliphatic carbocycles. The van der Waals surface area contributed by atoms with Gasteiger partial charge in [-0.1, -0.05) is 24.3 Å². The Hall–Kier alpha value is -2.70. The highest BCUT2D eigenvalue weighted by atomic mass is 16.3. The first kappa shape index (κ1) is 18.3. The van der Waals surface area contributed by atoms with Crippen LogP contribution in [-0.4, -0.2) is 57.6 Å². The maximum Gasteiger partial charge on any atom is 0.254 e. The van der Waals surface area contributed by atoms with E-state index >= 15 is 0 Å². The number of likely N-dealkylation sites (N-methyl/N-ethyl adjacent to an activating group) is 1. The summed E-state index contributed by atoms with van der Waals surface area (Å²) in [4.78, 5) is 29.4. The van der Waals surface area contributed by atoms with E-state index in [1.807, 2.05) is 23.1 Å². The molecule has 5 rings (SSSR count). The molecule has 1 unspecified atom stereocenters. The second-order valence-corrected chi connectivity index (χ2v) is 8.44. The van der Waals surface area contributed by atoms with Gasteiger partial charge in [-0.05, 0) is 59.7 Å². The van der Waals surface area contributed by atoms with E-state index in [1.54, 1.807) is 11.9 Å². The molecular formula is C23H25N3O3. The SMILES string of the molecule is Cc1cc(CN2CC(=O)N(C)C2O)ccc1-c1ccc2c(c1)CN(C1CC1)C2=O. The average Bonchev–Trinajstić information content (AvgIpc) is 3.45. The predicted molar refractivity (Wildman–Crippen MR) is 109 cm³/mol. The number of hydrogen-bond donors (Lipinski definition) is 1. The van der Waals surface area contributed by atoms with Crippen LogP contribution in [0, 0.1) is 6.92 Å². The van der Waals surface area contributed by atoms with Gasteiger partial charge in [-0.2, -0.15) is 0 Å². The number of aliphatic hydroxyl groups excluding tert-OH is 1. The van der Waals surface area contributed by atoms with Crippen LogP contribution in [0.4, 0.5) is 0 Å². The van der Waals surface area contributed by atoms with Crippen LogP contribution in [0.3, 0.4) is 0 Å². The standard InChI is InChI=1S/C23H25N3O3/c1-14-9-15(11-25-13-21(27)24(2)23(25)29)3-7-19(14)16-4-8-20-17(10-16)12-26(22(20)28)18-5-6-18/h3-4,7-10,18,23,29H,5-6,11-13H2,1-2H3. The highest BCUT2D eigenvalue weighted by Gasteiger charge is 2.38. The predicted octanol–water partition coefficient (Wildman–Crippen LogP) is 2.33. The van der Waals surface area contributed by atoms with Gasteiger partial charge in [-0.15, -0.1) is 0 Å².